The molecule has 1 N–H and O–H groups in total. The summed E-state index contributed by atoms with van der Waals surface area (Å²) in [5, 5.41) is 3.60. The zero-order chi connectivity index (χ0) is 14.5. The number of hydrogen-bond donors (Lipinski definition) is 1. The fourth-order valence-corrected chi connectivity index (χ4v) is 3.06. The van der Waals surface area contributed by atoms with Gasteiger partial charge < -0.3 is 10.2 Å². The maximum Gasteiger partial charge on any atom is 0.0401 e. The second kappa shape index (κ2) is 7.12. The molecule has 0 aromatic heterocycles. The summed E-state index contributed by atoms with van der Waals surface area (Å²) in [6, 6.07) is 9.51. The molecule has 0 bridgehead atoms. The second-order valence-corrected chi connectivity index (χ2v) is 6.70. The minimum Gasteiger partial charge on any atom is -0.368 e. The third kappa shape index (κ3) is 3.76. The Balaban J connectivity index is 1.97. The van der Waals surface area contributed by atoms with E-state index in [2.05, 4.69) is 62.2 Å². The van der Waals surface area contributed by atoms with Crippen LogP contribution in [0.5, 0.6) is 0 Å². The van der Waals surface area contributed by atoms with Gasteiger partial charge in [0.05, 0.1) is 0 Å². The summed E-state index contributed by atoms with van der Waals surface area (Å²) in [7, 11) is 0. The van der Waals surface area contributed by atoms with Gasteiger partial charge in [0, 0.05) is 18.3 Å². The summed E-state index contributed by atoms with van der Waals surface area (Å²) in [5.74, 6) is 1.40. The van der Waals surface area contributed by atoms with Gasteiger partial charge in [-0.2, -0.15) is 0 Å². The highest BCUT2D eigenvalue weighted by atomic mass is 15.2. The van der Waals surface area contributed by atoms with Gasteiger partial charge in [-0.15, -0.1) is 0 Å². The van der Waals surface area contributed by atoms with Crippen LogP contribution in [0.4, 0.5) is 5.69 Å². The first-order valence-corrected chi connectivity index (χ1v) is 8.15. The smallest absolute Gasteiger partial charge is 0.0401 e. The molecule has 0 saturated heterocycles. The molecule has 112 valence electrons. The molecule has 1 aliphatic heterocycles. The number of nitrogens with one attached hydrogen (secondary N) is 1. The number of benzene rings is 1. The van der Waals surface area contributed by atoms with Crippen LogP contribution in [0.1, 0.15) is 39.7 Å². The van der Waals surface area contributed by atoms with Crippen LogP contribution < -0.4 is 10.2 Å². The van der Waals surface area contributed by atoms with Gasteiger partial charge in [0.1, 0.15) is 0 Å². The molecule has 0 aliphatic carbocycles. The third-order valence-electron chi connectivity index (χ3n) is 4.48. The molecule has 20 heavy (non-hydrogen) atoms. The number of rotatable bonds is 6. The number of anilines is 1. The monoisotopic (exact) mass is 274 g/mol. The average molecular weight is 274 g/mol. The lowest BCUT2D eigenvalue weighted by molar-refractivity contribution is 0.402. The van der Waals surface area contributed by atoms with Crippen LogP contribution in [0.15, 0.2) is 24.3 Å². The molecule has 1 aromatic rings. The SMILES string of the molecule is CC(C)CNCC(C)C(C)N1CCCc2ccccc21. The number of aryl methyl sites for hydroxylation is 1. The summed E-state index contributed by atoms with van der Waals surface area (Å²) in [6.45, 7) is 12.7. The molecule has 2 nitrogen and oxygen atoms in total. The van der Waals surface area contributed by atoms with Crippen molar-refractivity contribution in [1.29, 1.82) is 0 Å². The first-order chi connectivity index (χ1) is 9.59. The van der Waals surface area contributed by atoms with Crippen LogP contribution in [-0.2, 0) is 6.42 Å². The van der Waals surface area contributed by atoms with E-state index in [0.29, 0.717) is 12.0 Å². The van der Waals surface area contributed by atoms with E-state index < -0.39 is 0 Å². The summed E-state index contributed by atoms with van der Waals surface area (Å²) >= 11 is 0. The summed E-state index contributed by atoms with van der Waals surface area (Å²) in [5.41, 5.74) is 2.98. The molecule has 2 rings (SSSR count). The van der Waals surface area contributed by atoms with Crippen molar-refractivity contribution in [2.45, 2.75) is 46.6 Å². The van der Waals surface area contributed by atoms with E-state index in [1.54, 1.807) is 0 Å². The van der Waals surface area contributed by atoms with Gasteiger partial charge in [-0.1, -0.05) is 39.0 Å². The Bertz CT molecular complexity index is 414. The van der Waals surface area contributed by atoms with Crippen LogP contribution >= 0.6 is 0 Å². The quantitative estimate of drug-likeness (QED) is 0.850. The molecular formula is C18H30N2. The molecule has 2 atom stereocenters. The summed E-state index contributed by atoms with van der Waals surface area (Å²) < 4.78 is 0. The van der Waals surface area contributed by atoms with Crippen LogP contribution in [0, 0.1) is 11.8 Å². The zero-order valence-corrected chi connectivity index (χ0v) is 13.5. The highest BCUT2D eigenvalue weighted by Gasteiger charge is 2.24. The number of nitrogens with zero attached hydrogens (tertiary/aromatic N) is 1. The Morgan fingerprint density at radius 2 is 1.85 bits per heavy atom. The van der Waals surface area contributed by atoms with Crippen molar-refractivity contribution in [1.82, 2.24) is 5.32 Å². The molecule has 1 aromatic carbocycles. The molecule has 1 heterocycles. The summed E-state index contributed by atoms with van der Waals surface area (Å²) in [6.07, 6.45) is 2.52. The fourth-order valence-electron chi connectivity index (χ4n) is 3.06. The minimum atomic E-state index is 0.594. The van der Waals surface area contributed by atoms with Crippen molar-refractivity contribution in [3.8, 4) is 0 Å². The minimum absolute atomic E-state index is 0.594. The van der Waals surface area contributed by atoms with Gasteiger partial charge in [0.25, 0.3) is 0 Å². The van der Waals surface area contributed by atoms with Crippen molar-refractivity contribution in [2.75, 3.05) is 24.5 Å². The second-order valence-electron chi connectivity index (χ2n) is 6.70. The normalized spacial score (nSPS) is 17.9. The van der Waals surface area contributed by atoms with E-state index in [0.717, 1.165) is 19.0 Å². The fraction of sp³-hybridized carbons (Fsp3) is 0.667. The van der Waals surface area contributed by atoms with Crippen molar-refractivity contribution in [2.24, 2.45) is 11.8 Å². The first-order valence-electron chi connectivity index (χ1n) is 8.15. The van der Waals surface area contributed by atoms with Gasteiger partial charge >= 0.3 is 0 Å². The Morgan fingerprint density at radius 3 is 2.60 bits per heavy atom. The number of para-hydroxylation sites is 1. The molecule has 0 spiro atoms. The predicted molar refractivity (Wildman–Crippen MR) is 88.4 cm³/mol. The summed E-state index contributed by atoms with van der Waals surface area (Å²) in [4.78, 5) is 2.61. The molecule has 0 radical (unpaired) electrons. The van der Waals surface area contributed by atoms with Crippen molar-refractivity contribution in [3.05, 3.63) is 29.8 Å². The highest BCUT2D eigenvalue weighted by Crippen LogP contribution is 2.30. The van der Waals surface area contributed by atoms with Gasteiger partial charge in [0.15, 0.2) is 0 Å². The molecule has 1 aliphatic rings. The average Bonchev–Trinajstić information content (AvgIpc) is 2.45. The van der Waals surface area contributed by atoms with E-state index in [4.69, 9.17) is 0 Å². The molecule has 0 saturated carbocycles. The van der Waals surface area contributed by atoms with Crippen LogP contribution in [0.25, 0.3) is 0 Å². The molecule has 2 unspecified atom stereocenters. The van der Waals surface area contributed by atoms with Crippen molar-refractivity contribution < 1.29 is 0 Å². The highest BCUT2D eigenvalue weighted by molar-refractivity contribution is 5.56. The maximum atomic E-state index is 3.60. The zero-order valence-electron chi connectivity index (χ0n) is 13.5. The van der Waals surface area contributed by atoms with E-state index in [1.807, 2.05) is 0 Å². The lowest BCUT2D eigenvalue weighted by Gasteiger charge is -2.39. The first kappa shape index (κ1) is 15.4. The standard InChI is InChI=1S/C18H30N2/c1-14(2)12-19-13-15(3)16(4)20-11-7-9-17-8-5-6-10-18(17)20/h5-6,8,10,14-16,19H,7,9,11-13H2,1-4H3. The van der Waals surface area contributed by atoms with Gasteiger partial charge in [-0.25, -0.2) is 0 Å². The topological polar surface area (TPSA) is 15.3 Å². The number of hydrogen-bond acceptors (Lipinski definition) is 2. The van der Waals surface area contributed by atoms with E-state index in [-0.39, 0.29) is 0 Å². The molecule has 0 fully saturated rings. The Kier molecular flexibility index (Phi) is 5.47. The lowest BCUT2D eigenvalue weighted by atomic mass is 9.95. The lowest BCUT2D eigenvalue weighted by Crippen LogP contribution is -2.44. The van der Waals surface area contributed by atoms with Gasteiger partial charge in [-0.05, 0) is 56.3 Å². The van der Waals surface area contributed by atoms with Crippen LogP contribution in [-0.4, -0.2) is 25.7 Å². The van der Waals surface area contributed by atoms with E-state index >= 15 is 0 Å². The molecular weight excluding hydrogens is 244 g/mol. The Hall–Kier alpha value is -1.02. The van der Waals surface area contributed by atoms with E-state index in [1.165, 1.54) is 30.6 Å². The predicted octanol–water partition coefficient (Wildman–Crippen LogP) is 3.71. The maximum absolute atomic E-state index is 3.60. The molecule has 2 heteroatoms. The van der Waals surface area contributed by atoms with Crippen LogP contribution in [0.3, 0.4) is 0 Å². The third-order valence-corrected chi connectivity index (χ3v) is 4.48. The number of fused-ring (bicyclic) bond motifs is 1. The largest absolute Gasteiger partial charge is 0.368 e. The Labute approximate surface area is 124 Å². The van der Waals surface area contributed by atoms with Gasteiger partial charge in [0.2, 0.25) is 0 Å². The Morgan fingerprint density at radius 1 is 1.10 bits per heavy atom. The van der Waals surface area contributed by atoms with E-state index in [9.17, 15) is 0 Å². The van der Waals surface area contributed by atoms with Crippen molar-refractivity contribution in [3.63, 3.8) is 0 Å². The van der Waals surface area contributed by atoms with Crippen molar-refractivity contribution >= 4 is 5.69 Å². The molecule has 0 amide bonds. The van der Waals surface area contributed by atoms with Crippen LogP contribution in [0.2, 0.25) is 0 Å². The van der Waals surface area contributed by atoms with Gasteiger partial charge in [-0.3, -0.25) is 0 Å².